The van der Waals surface area contributed by atoms with E-state index in [2.05, 4.69) is 4.72 Å². The van der Waals surface area contributed by atoms with Crippen molar-refractivity contribution in [3.05, 3.63) is 60.2 Å². The van der Waals surface area contributed by atoms with E-state index in [1.54, 1.807) is 42.5 Å². The summed E-state index contributed by atoms with van der Waals surface area (Å²) in [5, 5.41) is 9.12. The highest BCUT2D eigenvalue weighted by atomic mass is 32.2. The van der Waals surface area contributed by atoms with Gasteiger partial charge < -0.3 is 5.11 Å². The zero-order valence-electron chi connectivity index (χ0n) is 9.58. The number of hydrogen-bond donors (Lipinski definition) is 2. The Hall–Kier alpha value is -1.85. The molecule has 0 atom stereocenters. The van der Waals surface area contributed by atoms with E-state index in [0.717, 1.165) is 5.56 Å². The zero-order chi connectivity index (χ0) is 13.0. The van der Waals surface area contributed by atoms with Gasteiger partial charge in [-0.05, 0) is 29.8 Å². The van der Waals surface area contributed by atoms with Crippen LogP contribution in [0.15, 0.2) is 59.5 Å². The first kappa shape index (κ1) is 12.6. The molecule has 0 aliphatic carbocycles. The predicted molar refractivity (Wildman–Crippen MR) is 68.6 cm³/mol. The van der Waals surface area contributed by atoms with Crippen molar-refractivity contribution in [3.63, 3.8) is 0 Å². The fraction of sp³-hybridized carbons (Fsp3) is 0.0769. The second-order valence-electron chi connectivity index (χ2n) is 3.80. The van der Waals surface area contributed by atoms with Crippen LogP contribution in [0, 0.1) is 0 Å². The van der Waals surface area contributed by atoms with Crippen LogP contribution >= 0.6 is 0 Å². The normalized spacial score (nSPS) is 11.3. The smallest absolute Gasteiger partial charge is 0.240 e. The third-order valence-electron chi connectivity index (χ3n) is 2.46. The minimum atomic E-state index is -3.48. The number of phenolic OH excluding ortho intramolecular Hbond substituents is 1. The van der Waals surface area contributed by atoms with Crippen molar-refractivity contribution in [1.29, 1.82) is 0 Å². The van der Waals surface area contributed by atoms with Gasteiger partial charge in [0.2, 0.25) is 10.0 Å². The number of aromatic hydroxyl groups is 1. The molecule has 0 spiro atoms. The molecule has 0 aromatic heterocycles. The molecule has 2 rings (SSSR count). The first-order chi connectivity index (χ1) is 8.58. The predicted octanol–water partition coefficient (Wildman–Crippen LogP) is 1.87. The number of sulfonamides is 1. The van der Waals surface area contributed by atoms with Gasteiger partial charge in [0.25, 0.3) is 0 Å². The van der Waals surface area contributed by atoms with E-state index in [1.807, 2.05) is 0 Å². The van der Waals surface area contributed by atoms with Gasteiger partial charge in [0.1, 0.15) is 5.75 Å². The molecule has 4 nitrogen and oxygen atoms in total. The molecule has 2 aromatic carbocycles. The van der Waals surface area contributed by atoms with E-state index in [4.69, 9.17) is 5.11 Å². The van der Waals surface area contributed by atoms with Gasteiger partial charge in [-0.25, -0.2) is 13.1 Å². The van der Waals surface area contributed by atoms with Gasteiger partial charge in [-0.3, -0.25) is 0 Å². The molecule has 18 heavy (non-hydrogen) atoms. The van der Waals surface area contributed by atoms with Gasteiger partial charge in [0.15, 0.2) is 0 Å². The molecule has 94 valence electrons. The molecule has 0 unspecified atom stereocenters. The molecule has 5 heteroatoms. The van der Waals surface area contributed by atoms with Gasteiger partial charge in [-0.2, -0.15) is 0 Å². The second kappa shape index (κ2) is 5.20. The van der Waals surface area contributed by atoms with E-state index >= 15 is 0 Å². The Morgan fingerprint density at radius 2 is 1.56 bits per heavy atom. The van der Waals surface area contributed by atoms with E-state index in [9.17, 15) is 8.42 Å². The first-order valence-corrected chi connectivity index (χ1v) is 6.89. The fourth-order valence-electron chi connectivity index (χ4n) is 1.48. The summed E-state index contributed by atoms with van der Waals surface area (Å²) in [4.78, 5) is 0.240. The van der Waals surface area contributed by atoms with Crippen LogP contribution in [0.25, 0.3) is 0 Å². The van der Waals surface area contributed by atoms with Crippen LogP contribution in [0.1, 0.15) is 5.56 Å². The van der Waals surface area contributed by atoms with Crippen LogP contribution in [0.3, 0.4) is 0 Å². The lowest BCUT2D eigenvalue weighted by atomic mass is 10.2. The average Bonchev–Trinajstić information content (AvgIpc) is 2.39. The van der Waals surface area contributed by atoms with Crippen LogP contribution in [-0.4, -0.2) is 13.5 Å². The van der Waals surface area contributed by atoms with E-state index in [-0.39, 0.29) is 17.2 Å². The Morgan fingerprint density at radius 3 is 2.17 bits per heavy atom. The molecular formula is C13H13NO3S. The second-order valence-corrected chi connectivity index (χ2v) is 5.57. The Morgan fingerprint density at radius 1 is 0.944 bits per heavy atom. The van der Waals surface area contributed by atoms with Crippen molar-refractivity contribution in [2.24, 2.45) is 0 Å². The maximum absolute atomic E-state index is 11.9. The van der Waals surface area contributed by atoms with E-state index in [1.165, 1.54) is 12.1 Å². The highest BCUT2D eigenvalue weighted by Gasteiger charge is 2.12. The maximum Gasteiger partial charge on any atom is 0.240 e. The van der Waals surface area contributed by atoms with Crippen LogP contribution in [0.2, 0.25) is 0 Å². The summed E-state index contributed by atoms with van der Waals surface area (Å²) in [5.74, 6) is 0.157. The standard InChI is InChI=1S/C13H13NO3S/c15-12-8-6-11(7-9-12)10-14-18(16,17)13-4-2-1-3-5-13/h1-9,14-15H,10H2. The molecular weight excluding hydrogens is 250 g/mol. The molecule has 2 N–H and O–H groups in total. The third-order valence-corrected chi connectivity index (χ3v) is 3.87. The summed E-state index contributed by atoms with van der Waals surface area (Å²) in [6, 6.07) is 14.6. The van der Waals surface area contributed by atoms with E-state index in [0.29, 0.717) is 0 Å². The molecule has 0 aliphatic rings. The quantitative estimate of drug-likeness (QED) is 0.885. The largest absolute Gasteiger partial charge is 0.508 e. The molecule has 0 saturated carbocycles. The van der Waals surface area contributed by atoms with Crippen molar-refractivity contribution in [3.8, 4) is 5.75 Å². The van der Waals surface area contributed by atoms with Gasteiger partial charge in [0, 0.05) is 6.54 Å². The van der Waals surface area contributed by atoms with Gasteiger partial charge in [-0.15, -0.1) is 0 Å². The van der Waals surface area contributed by atoms with Crippen LogP contribution in [0.5, 0.6) is 5.75 Å². The molecule has 0 radical (unpaired) electrons. The summed E-state index contributed by atoms with van der Waals surface area (Å²) in [7, 11) is -3.48. The van der Waals surface area contributed by atoms with Crippen LogP contribution < -0.4 is 4.72 Å². The van der Waals surface area contributed by atoms with Crippen LogP contribution in [-0.2, 0) is 16.6 Å². The lowest BCUT2D eigenvalue weighted by Gasteiger charge is -2.06. The molecule has 0 saturated heterocycles. The molecule has 0 heterocycles. The molecule has 0 aliphatic heterocycles. The maximum atomic E-state index is 11.9. The molecule has 0 fully saturated rings. The topological polar surface area (TPSA) is 66.4 Å². The van der Waals surface area contributed by atoms with Gasteiger partial charge in [-0.1, -0.05) is 30.3 Å². The number of hydrogen-bond acceptors (Lipinski definition) is 3. The Balaban J connectivity index is 2.08. The average molecular weight is 263 g/mol. The summed E-state index contributed by atoms with van der Waals surface area (Å²) < 4.78 is 26.3. The summed E-state index contributed by atoms with van der Waals surface area (Å²) in [5.41, 5.74) is 0.785. The zero-order valence-corrected chi connectivity index (χ0v) is 10.4. The SMILES string of the molecule is O=S(=O)(NCc1ccc(O)cc1)c1ccccc1. The van der Waals surface area contributed by atoms with Crippen molar-refractivity contribution < 1.29 is 13.5 Å². The molecule has 2 aromatic rings. The van der Waals surface area contributed by atoms with Crippen LogP contribution in [0.4, 0.5) is 0 Å². The summed E-state index contributed by atoms with van der Waals surface area (Å²) in [6.07, 6.45) is 0. The number of phenols is 1. The van der Waals surface area contributed by atoms with Crippen molar-refractivity contribution >= 4 is 10.0 Å². The summed E-state index contributed by atoms with van der Waals surface area (Å²) in [6.45, 7) is 0.192. The highest BCUT2D eigenvalue weighted by molar-refractivity contribution is 7.89. The number of nitrogens with one attached hydrogen (secondary N) is 1. The van der Waals surface area contributed by atoms with E-state index < -0.39 is 10.0 Å². The highest BCUT2D eigenvalue weighted by Crippen LogP contribution is 2.11. The Bertz CT molecular complexity index is 606. The lowest BCUT2D eigenvalue weighted by Crippen LogP contribution is -2.23. The number of benzene rings is 2. The van der Waals surface area contributed by atoms with Crippen molar-refractivity contribution in [2.45, 2.75) is 11.4 Å². The van der Waals surface area contributed by atoms with Gasteiger partial charge >= 0.3 is 0 Å². The molecule has 0 amide bonds. The molecule has 0 bridgehead atoms. The number of rotatable bonds is 4. The van der Waals surface area contributed by atoms with Gasteiger partial charge in [0.05, 0.1) is 4.90 Å². The van der Waals surface area contributed by atoms with Crippen molar-refractivity contribution in [1.82, 2.24) is 4.72 Å². The Labute approximate surface area is 106 Å². The third kappa shape index (κ3) is 3.09. The first-order valence-electron chi connectivity index (χ1n) is 5.40. The Kier molecular flexibility index (Phi) is 3.64. The fourth-order valence-corrected chi connectivity index (χ4v) is 2.51. The lowest BCUT2D eigenvalue weighted by molar-refractivity contribution is 0.475. The van der Waals surface area contributed by atoms with Crippen molar-refractivity contribution in [2.75, 3.05) is 0 Å². The minimum Gasteiger partial charge on any atom is -0.508 e. The monoisotopic (exact) mass is 263 g/mol. The summed E-state index contributed by atoms with van der Waals surface area (Å²) >= 11 is 0. The minimum absolute atomic E-state index is 0.157.